The van der Waals surface area contributed by atoms with E-state index in [-0.39, 0.29) is 18.6 Å². The van der Waals surface area contributed by atoms with Gasteiger partial charge in [-0.3, -0.25) is 9.48 Å². The average molecular weight is 459 g/mol. The number of hydrogen-bond donors (Lipinski definition) is 0. The molecule has 0 saturated heterocycles. The van der Waals surface area contributed by atoms with E-state index in [1.165, 1.54) is 11.1 Å². The number of aromatic nitrogens is 3. The Hall–Kier alpha value is -3.94. The zero-order valence-corrected chi connectivity index (χ0v) is 19.4. The molecule has 0 radical (unpaired) electrons. The van der Waals surface area contributed by atoms with Gasteiger partial charge in [0.15, 0.2) is 18.0 Å². The minimum absolute atomic E-state index is 0.0186. The summed E-state index contributed by atoms with van der Waals surface area (Å²) in [6.45, 7) is 1.47. The molecule has 0 spiro atoms. The first-order chi connectivity index (χ1) is 16.4. The molecule has 8 heteroatoms. The third-order valence-corrected chi connectivity index (χ3v) is 6.49. The summed E-state index contributed by atoms with van der Waals surface area (Å²) in [5.41, 5.74) is 4.44. The minimum Gasteiger partial charge on any atom is -0.463 e. The molecule has 4 aromatic rings. The fourth-order valence-electron chi connectivity index (χ4n) is 4.77. The molecule has 1 aromatic carbocycles. The van der Waals surface area contributed by atoms with Gasteiger partial charge in [-0.25, -0.2) is 9.78 Å². The Morgan fingerprint density at radius 1 is 1.24 bits per heavy atom. The smallest absolute Gasteiger partial charge is 0.339 e. The van der Waals surface area contributed by atoms with E-state index in [9.17, 15) is 9.59 Å². The van der Waals surface area contributed by atoms with Crippen molar-refractivity contribution in [3.63, 3.8) is 0 Å². The van der Waals surface area contributed by atoms with Crippen LogP contribution in [0, 0.1) is 6.92 Å². The quantitative estimate of drug-likeness (QED) is 0.416. The fourth-order valence-corrected chi connectivity index (χ4v) is 4.77. The number of amides is 1. The lowest BCUT2D eigenvalue weighted by atomic mass is 9.87. The Morgan fingerprint density at radius 3 is 2.85 bits per heavy atom. The fraction of sp³-hybridized carbons (Fsp3) is 0.308. The number of furan rings is 1. The number of benzene rings is 1. The highest BCUT2D eigenvalue weighted by Gasteiger charge is 2.28. The maximum atomic E-state index is 13.2. The number of pyridine rings is 1. The molecule has 0 bridgehead atoms. The molecule has 1 amide bonds. The average Bonchev–Trinajstić information content (AvgIpc) is 3.49. The number of hydrogen-bond acceptors (Lipinski definition) is 6. The summed E-state index contributed by atoms with van der Waals surface area (Å²) < 4.78 is 12.6. The van der Waals surface area contributed by atoms with Crippen molar-refractivity contribution in [2.75, 3.05) is 13.7 Å². The van der Waals surface area contributed by atoms with Crippen molar-refractivity contribution in [2.24, 2.45) is 7.05 Å². The highest BCUT2D eigenvalue weighted by atomic mass is 16.5. The zero-order valence-electron chi connectivity index (χ0n) is 19.4. The maximum Gasteiger partial charge on any atom is 0.339 e. The standard InChI is InChI=1S/C26H26N4O4/c1-16-24-19(14-20(22-12-7-13-33-22)27-25(24)30(3)28-16)26(32)34-15-23(31)29(2)21-11-6-9-17-8-4-5-10-18(17)21/h4-5,7-8,10,12-14,21H,6,9,11,15H2,1-3H3. The molecular formula is C26H26N4O4. The van der Waals surface area contributed by atoms with Crippen LogP contribution >= 0.6 is 0 Å². The number of fused-ring (bicyclic) bond motifs is 2. The number of rotatable bonds is 5. The second-order valence-electron chi connectivity index (χ2n) is 8.63. The van der Waals surface area contributed by atoms with Crippen molar-refractivity contribution in [3.05, 3.63) is 71.1 Å². The lowest BCUT2D eigenvalue weighted by Gasteiger charge is -2.33. The number of nitrogens with zero attached hydrogens (tertiary/aromatic N) is 4. The predicted molar refractivity (Wildman–Crippen MR) is 126 cm³/mol. The molecule has 1 atom stereocenters. The second kappa shape index (κ2) is 8.78. The summed E-state index contributed by atoms with van der Waals surface area (Å²) >= 11 is 0. The van der Waals surface area contributed by atoms with E-state index in [4.69, 9.17) is 9.15 Å². The number of likely N-dealkylation sites (N-methyl/N-ethyl adjacent to an activating group) is 1. The third-order valence-electron chi connectivity index (χ3n) is 6.49. The summed E-state index contributed by atoms with van der Waals surface area (Å²) in [5, 5.41) is 5.00. The van der Waals surface area contributed by atoms with Crippen LogP contribution in [0.2, 0.25) is 0 Å². The van der Waals surface area contributed by atoms with Gasteiger partial charge in [0, 0.05) is 14.1 Å². The Bertz CT molecular complexity index is 1370. The summed E-state index contributed by atoms with van der Waals surface area (Å²) in [5.74, 6) is -0.307. The molecule has 3 heterocycles. The molecular weight excluding hydrogens is 432 g/mol. The first-order valence-corrected chi connectivity index (χ1v) is 11.3. The van der Waals surface area contributed by atoms with Gasteiger partial charge >= 0.3 is 5.97 Å². The molecule has 0 fully saturated rings. The molecule has 5 rings (SSSR count). The lowest BCUT2D eigenvalue weighted by Crippen LogP contribution is -2.36. The van der Waals surface area contributed by atoms with E-state index in [0.29, 0.717) is 33.7 Å². The van der Waals surface area contributed by atoms with Gasteiger partial charge in [-0.1, -0.05) is 24.3 Å². The van der Waals surface area contributed by atoms with E-state index in [1.807, 2.05) is 19.1 Å². The normalized spacial score (nSPS) is 15.2. The van der Waals surface area contributed by atoms with Gasteiger partial charge in [-0.05, 0) is 55.5 Å². The maximum absolute atomic E-state index is 13.2. The second-order valence-corrected chi connectivity index (χ2v) is 8.63. The predicted octanol–water partition coefficient (Wildman–Crippen LogP) is 4.23. The van der Waals surface area contributed by atoms with E-state index in [2.05, 4.69) is 22.2 Å². The van der Waals surface area contributed by atoms with Crippen molar-refractivity contribution in [1.82, 2.24) is 19.7 Å². The minimum atomic E-state index is -0.595. The topological polar surface area (TPSA) is 90.5 Å². The summed E-state index contributed by atoms with van der Waals surface area (Å²) in [6.07, 6.45) is 4.47. The lowest BCUT2D eigenvalue weighted by molar-refractivity contribution is -0.135. The van der Waals surface area contributed by atoms with Crippen molar-refractivity contribution in [2.45, 2.75) is 32.2 Å². The molecule has 0 saturated carbocycles. The number of carbonyl (C=O) groups excluding carboxylic acids is 2. The Labute approximate surface area is 197 Å². The molecule has 8 nitrogen and oxygen atoms in total. The van der Waals surface area contributed by atoms with Gasteiger partial charge in [0.1, 0.15) is 5.69 Å². The summed E-state index contributed by atoms with van der Waals surface area (Å²) in [4.78, 5) is 32.4. The van der Waals surface area contributed by atoms with Crippen LogP contribution in [0.1, 0.15) is 46.1 Å². The van der Waals surface area contributed by atoms with Crippen molar-refractivity contribution < 1.29 is 18.7 Å². The van der Waals surface area contributed by atoms with Gasteiger partial charge in [-0.15, -0.1) is 0 Å². The van der Waals surface area contributed by atoms with Crippen LogP contribution in [0.15, 0.2) is 53.1 Å². The molecule has 0 aliphatic heterocycles. The van der Waals surface area contributed by atoms with E-state index < -0.39 is 5.97 Å². The van der Waals surface area contributed by atoms with Crippen LogP contribution in [-0.4, -0.2) is 45.2 Å². The molecule has 34 heavy (non-hydrogen) atoms. The van der Waals surface area contributed by atoms with Gasteiger partial charge in [0.05, 0.1) is 28.9 Å². The Kier molecular flexibility index (Phi) is 5.65. The van der Waals surface area contributed by atoms with Crippen LogP contribution < -0.4 is 0 Å². The van der Waals surface area contributed by atoms with Crippen LogP contribution in [0.4, 0.5) is 0 Å². The van der Waals surface area contributed by atoms with E-state index in [1.54, 1.807) is 48.1 Å². The van der Waals surface area contributed by atoms with Crippen molar-refractivity contribution in [1.29, 1.82) is 0 Å². The van der Waals surface area contributed by atoms with Crippen LogP contribution in [0.25, 0.3) is 22.5 Å². The Morgan fingerprint density at radius 2 is 2.06 bits per heavy atom. The van der Waals surface area contributed by atoms with Crippen LogP contribution in [-0.2, 0) is 23.0 Å². The number of carbonyl (C=O) groups is 2. The molecule has 3 aromatic heterocycles. The molecule has 1 unspecified atom stereocenters. The number of ether oxygens (including phenoxy) is 1. The highest BCUT2D eigenvalue weighted by Crippen LogP contribution is 2.33. The SMILES string of the molecule is Cc1nn(C)c2nc(-c3ccco3)cc(C(=O)OCC(=O)N(C)C3CCCc4ccccc43)c12. The molecule has 174 valence electrons. The monoisotopic (exact) mass is 458 g/mol. The first-order valence-electron chi connectivity index (χ1n) is 11.3. The number of aryl methyl sites for hydroxylation is 3. The van der Waals surface area contributed by atoms with Crippen molar-refractivity contribution in [3.8, 4) is 11.5 Å². The van der Waals surface area contributed by atoms with Gasteiger partial charge in [0.25, 0.3) is 5.91 Å². The van der Waals surface area contributed by atoms with E-state index in [0.717, 1.165) is 19.3 Å². The van der Waals surface area contributed by atoms with E-state index >= 15 is 0 Å². The highest BCUT2D eigenvalue weighted by molar-refractivity contribution is 6.05. The van der Waals surface area contributed by atoms with Crippen molar-refractivity contribution >= 4 is 22.9 Å². The number of esters is 1. The molecule has 1 aliphatic carbocycles. The first kappa shape index (κ1) is 21.9. The largest absolute Gasteiger partial charge is 0.463 e. The van der Waals surface area contributed by atoms with Crippen LogP contribution in [0.5, 0.6) is 0 Å². The summed E-state index contributed by atoms with van der Waals surface area (Å²) in [7, 11) is 3.54. The Balaban J connectivity index is 1.38. The molecule has 0 N–H and O–H groups in total. The van der Waals surface area contributed by atoms with Gasteiger partial charge < -0.3 is 14.1 Å². The third kappa shape index (κ3) is 3.85. The zero-order chi connectivity index (χ0) is 23.8. The van der Waals surface area contributed by atoms with Gasteiger partial charge in [-0.2, -0.15) is 5.10 Å². The van der Waals surface area contributed by atoms with Crippen LogP contribution in [0.3, 0.4) is 0 Å². The summed E-state index contributed by atoms with van der Waals surface area (Å²) in [6, 6.07) is 13.3. The van der Waals surface area contributed by atoms with Gasteiger partial charge in [0.2, 0.25) is 0 Å². The molecule has 1 aliphatic rings.